The number of allylic oxidation sites excluding steroid dienone is 2. The molecule has 0 amide bonds. The van der Waals surface area contributed by atoms with E-state index in [1.54, 1.807) is 0 Å². The van der Waals surface area contributed by atoms with Crippen molar-refractivity contribution in [2.45, 2.75) is 0 Å². The van der Waals surface area contributed by atoms with Crippen LogP contribution in [0.25, 0.3) is 94.2 Å². The third kappa shape index (κ3) is 4.77. The molecule has 0 fully saturated rings. The van der Waals surface area contributed by atoms with Crippen LogP contribution in [-0.4, -0.2) is 30.6 Å². The Morgan fingerprint density at radius 1 is 0.426 bits per heavy atom. The van der Waals surface area contributed by atoms with Crippen LogP contribution in [0.4, 0.5) is 0 Å². The second-order valence-electron chi connectivity index (χ2n) is 13.7. The molecule has 10 aromatic rings. The lowest BCUT2D eigenvalue weighted by Crippen LogP contribution is -2.23. The van der Waals surface area contributed by atoms with Crippen molar-refractivity contribution in [1.82, 2.24) is 29.4 Å². The standard InChI is InChI=1S/C48H32N6/c1-4-15-32(16-5-1)46-50-47(33-17-6-2-7-18-33)52-48(51-46)34-25-27-44(49-30-34)54-41-26-24-31-14-10-11-21-36(31)45(41)39-28-38-37-22-12-13-23-40(37)53(42(38)29-43(39)54)35-19-8-3-9-20-35/h1-29,49H,30H2. The van der Waals surface area contributed by atoms with Gasteiger partial charge in [0.1, 0.15) is 5.82 Å². The number of hydrogen-bond acceptors (Lipinski definition) is 4. The SMILES string of the molecule is C1=C(c2nc(-c3ccccc3)nc(-c3ccccc3)n2)CNC(n2c3cc4c(cc3c3c5ccccc5ccc32)c2ccccc2n4-c2ccccc2)=C1. The number of para-hydroxylation sites is 2. The van der Waals surface area contributed by atoms with Gasteiger partial charge in [-0.25, -0.2) is 15.0 Å². The molecule has 0 radical (unpaired) electrons. The highest BCUT2D eigenvalue weighted by Gasteiger charge is 2.22. The molecule has 6 heteroatoms. The second-order valence-corrected chi connectivity index (χ2v) is 13.7. The number of nitrogens with zero attached hydrogens (tertiary/aromatic N) is 5. The van der Waals surface area contributed by atoms with Crippen molar-refractivity contribution in [2.75, 3.05) is 6.54 Å². The lowest BCUT2D eigenvalue weighted by molar-refractivity contribution is 0.914. The average molecular weight is 693 g/mol. The van der Waals surface area contributed by atoms with E-state index in [0.717, 1.165) is 39.2 Å². The molecule has 0 saturated heterocycles. The molecule has 11 rings (SSSR count). The van der Waals surface area contributed by atoms with Crippen LogP contribution >= 0.6 is 0 Å². The molecular formula is C48H32N6. The highest BCUT2D eigenvalue weighted by Crippen LogP contribution is 2.42. The topological polar surface area (TPSA) is 60.6 Å². The van der Waals surface area contributed by atoms with Crippen LogP contribution < -0.4 is 5.32 Å². The number of rotatable bonds is 5. The first-order valence-electron chi connectivity index (χ1n) is 18.3. The maximum Gasteiger partial charge on any atom is 0.164 e. The van der Waals surface area contributed by atoms with E-state index in [4.69, 9.17) is 15.0 Å². The fourth-order valence-corrected chi connectivity index (χ4v) is 8.11. The molecule has 0 aliphatic carbocycles. The fourth-order valence-electron chi connectivity index (χ4n) is 8.11. The van der Waals surface area contributed by atoms with Crippen LogP contribution in [0.5, 0.6) is 0 Å². The van der Waals surface area contributed by atoms with Gasteiger partial charge in [-0.2, -0.15) is 0 Å². The van der Waals surface area contributed by atoms with Gasteiger partial charge in [0.25, 0.3) is 0 Å². The Balaban J connectivity index is 1.14. The van der Waals surface area contributed by atoms with Crippen LogP contribution in [0, 0.1) is 0 Å². The summed E-state index contributed by atoms with van der Waals surface area (Å²) < 4.78 is 4.77. The zero-order valence-corrected chi connectivity index (χ0v) is 29.2. The number of benzene rings is 7. The molecule has 0 bridgehead atoms. The minimum Gasteiger partial charge on any atom is -0.367 e. The summed E-state index contributed by atoms with van der Waals surface area (Å²) in [6.07, 6.45) is 4.32. The summed E-state index contributed by atoms with van der Waals surface area (Å²) in [5, 5.41) is 11.2. The molecule has 7 aromatic carbocycles. The molecule has 0 spiro atoms. The molecule has 0 saturated carbocycles. The summed E-state index contributed by atoms with van der Waals surface area (Å²) in [4.78, 5) is 14.9. The van der Waals surface area contributed by atoms with Crippen LogP contribution in [0.3, 0.4) is 0 Å². The van der Waals surface area contributed by atoms with Gasteiger partial charge in [0.2, 0.25) is 0 Å². The first-order chi connectivity index (χ1) is 26.8. The Bertz CT molecular complexity index is 3080. The van der Waals surface area contributed by atoms with Gasteiger partial charge in [-0.3, -0.25) is 4.57 Å². The third-order valence-electron chi connectivity index (χ3n) is 10.6. The predicted molar refractivity (Wildman–Crippen MR) is 222 cm³/mol. The normalized spacial score (nSPS) is 13.1. The van der Waals surface area contributed by atoms with Crippen molar-refractivity contribution in [3.8, 4) is 28.5 Å². The van der Waals surface area contributed by atoms with Gasteiger partial charge in [-0.1, -0.05) is 127 Å². The Morgan fingerprint density at radius 3 is 1.74 bits per heavy atom. The minimum atomic E-state index is 0.555. The van der Waals surface area contributed by atoms with Crippen molar-refractivity contribution in [1.29, 1.82) is 0 Å². The highest BCUT2D eigenvalue weighted by atomic mass is 15.2. The molecule has 4 heterocycles. The van der Waals surface area contributed by atoms with Crippen LogP contribution in [-0.2, 0) is 0 Å². The van der Waals surface area contributed by atoms with Gasteiger partial charge in [0, 0.05) is 50.5 Å². The second kappa shape index (κ2) is 12.1. The van der Waals surface area contributed by atoms with Crippen LogP contribution in [0.15, 0.2) is 176 Å². The Hall–Kier alpha value is -7.31. The Labute approximate surface area is 311 Å². The molecule has 6 nitrogen and oxygen atoms in total. The first kappa shape index (κ1) is 30.3. The van der Waals surface area contributed by atoms with Gasteiger partial charge in [-0.05, 0) is 59.3 Å². The smallest absolute Gasteiger partial charge is 0.164 e. The highest BCUT2D eigenvalue weighted by molar-refractivity contribution is 6.25. The maximum atomic E-state index is 5.00. The zero-order valence-electron chi connectivity index (χ0n) is 29.2. The molecule has 3 aromatic heterocycles. The van der Waals surface area contributed by atoms with E-state index >= 15 is 0 Å². The lowest BCUT2D eigenvalue weighted by Gasteiger charge is -2.20. The first-order valence-corrected chi connectivity index (χ1v) is 18.3. The maximum absolute atomic E-state index is 5.00. The van der Waals surface area contributed by atoms with Crippen molar-refractivity contribution >= 4 is 65.8 Å². The summed E-state index contributed by atoms with van der Waals surface area (Å²) in [7, 11) is 0. The monoisotopic (exact) mass is 692 g/mol. The summed E-state index contributed by atoms with van der Waals surface area (Å²) >= 11 is 0. The van der Waals surface area contributed by atoms with Crippen molar-refractivity contribution in [3.05, 3.63) is 182 Å². The van der Waals surface area contributed by atoms with Gasteiger partial charge < -0.3 is 9.88 Å². The van der Waals surface area contributed by atoms with Gasteiger partial charge in [0.15, 0.2) is 17.5 Å². The number of dihydropyridines is 1. The number of hydrogen-bond donors (Lipinski definition) is 1. The Morgan fingerprint density at radius 2 is 1.04 bits per heavy atom. The van der Waals surface area contributed by atoms with Gasteiger partial charge >= 0.3 is 0 Å². The van der Waals surface area contributed by atoms with E-state index in [9.17, 15) is 0 Å². The van der Waals surface area contributed by atoms with Crippen LogP contribution in [0.2, 0.25) is 0 Å². The third-order valence-corrected chi connectivity index (χ3v) is 10.6. The van der Waals surface area contributed by atoms with Crippen molar-refractivity contribution in [2.24, 2.45) is 0 Å². The molecule has 1 aliphatic rings. The van der Waals surface area contributed by atoms with E-state index in [2.05, 4.69) is 130 Å². The molecule has 254 valence electrons. The molecule has 1 N–H and O–H groups in total. The minimum absolute atomic E-state index is 0.555. The van der Waals surface area contributed by atoms with Gasteiger partial charge in [-0.15, -0.1) is 0 Å². The van der Waals surface area contributed by atoms with E-state index in [1.165, 1.54) is 43.4 Å². The molecular weight excluding hydrogens is 661 g/mol. The lowest BCUT2D eigenvalue weighted by atomic mass is 10.0. The fraction of sp³-hybridized carbons (Fsp3) is 0.0208. The number of aromatic nitrogens is 5. The summed E-state index contributed by atoms with van der Waals surface area (Å²) in [6.45, 7) is 0.555. The summed E-state index contributed by atoms with van der Waals surface area (Å²) in [5.41, 5.74) is 8.70. The number of fused-ring (bicyclic) bond motifs is 8. The average Bonchev–Trinajstić information content (AvgIpc) is 3.76. The Kier molecular flexibility index (Phi) is 6.82. The van der Waals surface area contributed by atoms with Gasteiger partial charge in [0.05, 0.1) is 22.1 Å². The van der Waals surface area contributed by atoms with E-state index in [1.807, 2.05) is 60.7 Å². The molecule has 0 unspecified atom stereocenters. The van der Waals surface area contributed by atoms with E-state index in [0.29, 0.717) is 24.0 Å². The molecule has 1 aliphatic heterocycles. The zero-order chi connectivity index (χ0) is 35.6. The molecule has 54 heavy (non-hydrogen) atoms. The van der Waals surface area contributed by atoms with Crippen LogP contribution in [0.1, 0.15) is 5.82 Å². The van der Waals surface area contributed by atoms with Crippen molar-refractivity contribution in [3.63, 3.8) is 0 Å². The van der Waals surface area contributed by atoms with E-state index in [-0.39, 0.29) is 0 Å². The summed E-state index contributed by atoms with van der Waals surface area (Å²) in [6, 6.07) is 57.6. The van der Waals surface area contributed by atoms with E-state index < -0.39 is 0 Å². The summed E-state index contributed by atoms with van der Waals surface area (Å²) in [5.74, 6) is 2.97. The largest absolute Gasteiger partial charge is 0.367 e. The predicted octanol–water partition coefficient (Wildman–Crippen LogP) is 11.0. The quantitative estimate of drug-likeness (QED) is 0.195. The number of nitrogens with one attached hydrogen (secondary N) is 1. The van der Waals surface area contributed by atoms with Crippen molar-refractivity contribution < 1.29 is 0 Å². The molecule has 0 atom stereocenters.